The second-order valence-electron chi connectivity index (χ2n) is 11.6. The smallest absolute Gasteiger partial charge is 0.271 e. The lowest BCUT2D eigenvalue weighted by molar-refractivity contribution is -0.127. The van der Waals surface area contributed by atoms with Gasteiger partial charge in [0.05, 0.1) is 22.9 Å². The molecular formula is C37H37IN4O3S. The molecule has 0 aliphatic carbocycles. The number of ether oxygens (including phenoxy) is 1. The number of aryl methyl sites for hydroxylation is 2. The molecule has 236 valence electrons. The fourth-order valence-electron chi connectivity index (χ4n) is 6.48. The summed E-state index contributed by atoms with van der Waals surface area (Å²) >= 11 is 3.72. The predicted molar refractivity (Wildman–Crippen MR) is 195 cm³/mol. The number of hydrogen-bond donors (Lipinski definition) is 0. The molecule has 0 spiro atoms. The number of carbonyl (C=O) groups is 1. The van der Waals surface area contributed by atoms with Crippen molar-refractivity contribution in [3.8, 4) is 11.4 Å². The van der Waals surface area contributed by atoms with Crippen molar-refractivity contribution in [2.75, 3.05) is 20.2 Å². The number of rotatable bonds is 7. The number of hydrogen-bond acceptors (Lipinski definition) is 5. The van der Waals surface area contributed by atoms with Gasteiger partial charge in [-0.1, -0.05) is 47.7 Å². The molecule has 0 saturated heterocycles. The standard InChI is InChI=1S/C37H37IN4O3S/c1-8-40(9-2)36(44)32-23(5)39-37-42(34(32)33-28-13-11-10-12-25(28)15-17-30(33)45-7)35(43)31(46-37)19-26-18-22(4)41(24(26)6)27-16-14-21(3)29(38)20-27/h10-20,34H,8-9H2,1-7H3/b31-19+/t34-/m1/s1. The summed E-state index contributed by atoms with van der Waals surface area (Å²) in [6, 6.07) is 19.8. The summed E-state index contributed by atoms with van der Waals surface area (Å²) in [5, 5.41) is 1.93. The zero-order valence-corrected chi connectivity index (χ0v) is 30.1. The molecule has 0 radical (unpaired) electrons. The van der Waals surface area contributed by atoms with Crippen molar-refractivity contribution < 1.29 is 9.53 Å². The Morgan fingerprint density at radius 2 is 1.78 bits per heavy atom. The van der Waals surface area contributed by atoms with E-state index in [1.807, 2.05) is 63.2 Å². The van der Waals surface area contributed by atoms with Crippen LogP contribution in [0, 0.1) is 24.3 Å². The van der Waals surface area contributed by atoms with Crippen LogP contribution in [0.15, 0.2) is 81.7 Å². The van der Waals surface area contributed by atoms with Gasteiger partial charge in [0.25, 0.3) is 11.5 Å². The van der Waals surface area contributed by atoms with Gasteiger partial charge in [-0.25, -0.2) is 4.99 Å². The largest absolute Gasteiger partial charge is 0.496 e. The van der Waals surface area contributed by atoms with Crippen molar-refractivity contribution in [1.82, 2.24) is 14.0 Å². The molecule has 5 aromatic rings. The SMILES string of the molecule is CCN(CC)C(=O)C1=C(C)N=c2s/c(=C/c3cc(C)n(-c4ccc(C)c(I)c4)c3C)c(=O)n2[C@H]1c1c(OC)ccc2ccccc12. The first-order valence-electron chi connectivity index (χ1n) is 15.4. The van der Waals surface area contributed by atoms with Crippen LogP contribution in [0.1, 0.15) is 54.9 Å². The van der Waals surface area contributed by atoms with Crippen molar-refractivity contribution in [2.24, 2.45) is 4.99 Å². The first kappa shape index (κ1) is 32.0. The van der Waals surface area contributed by atoms with E-state index in [4.69, 9.17) is 9.73 Å². The lowest BCUT2D eigenvalue weighted by Crippen LogP contribution is -2.43. The lowest BCUT2D eigenvalue weighted by atomic mass is 9.90. The Morgan fingerprint density at radius 3 is 2.48 bits per heavy atom. The van der Waals surface area contributed by atoms with Crippen LogP contribution >= 0.6 is 33.9 Å². The van der Waals surface area contributed by atoms with E-state index < -0.39 is 6.04 Å². The molecule has 0 fully saturated rings. The van der Waals surface area contributed by atoms with Crippen molar-refractivity contribution in [1.29, 1.82) is 0 Å². The molecule has 0 unspecified atom stereocenters. The van der Waals surface area contributed by atoms with Crippen molar-refractivity contribution in [3.63, 3.8) is 0 Å². The minimum atomic E-state index is -0.713. The van der Waals surface area contributed by atoms with Crippen LogP contribution in [0.3, 0.4) is 0 Å². The number of likely N-dealkylation sites (N-methyl/N-ethyl adjacent to an activating group) is 1. The van der Waals surface area contributed by atoms with Gasteiger partial charge in [-0.2, -0.15) is 0 Å². The second kappa shape index (κ2) is 12.7. The van der Waals surface area contributed by atoms with E-state index in [1.165, 1.54) is 20.5 Å². The van der Waals surface area contributed by atoms with Gasteiger partial charge in [-0.05, 0) is 116 Å². The number of halogens is 1. The molecule has 1 aliphatic rings. The number of nitrogens with zero attached hydrogens (tertiary/aromatic N) is 4. The molecule has 1 amide bonds. The Bertz CT molecular complexity index is 2240. The van der Waals surface area contributed by atoms with Crippen molar-refractivity contribution in [3.05, 3.63) is 123 Å². The Labute approximate surface area is 286 Å². The number of methoxy groups -OCH3 is 1. The van der Waals surface area contributed by atoms with Gasteiger partial charge < -0.3 is 14.2 Å². The Hall–Kier alpha value is -3.96. The zero-order chi connectivity index (χ0) is 32.9. The van der Waals surface area contributed by atoms with Gasteiger partial charge >= 0.3 is 0 Å². The van der Waals surface area contributed by atoms with E-state index in [2.05, 4.69) is 72.2 Å². The topological polar surface area (TPSA) is 68.8 Å². The first-order chi connectivity index (χ1) is 22.1. The van der Waals surface area contributed by atoms with E-state index in [0.29, 0.717) is 39.4 Å². The summed E-state index contributed by atoms with van der Waals surface area (Å²) in [7, 11) is 1.63. The summed E-state index contributed by atoms with van der Waals surface area (Å²) < 4.78 is 11.6. The molecule has 46 heavy (non-hydrogen) atoms. The van der Waals surface area contributed by atoms with Crippen LogP contribution in [-0.4, -0.2) is 40.1 Å². The van der Waals surface area contributed by atoms with Gasteiger partial charge in [-0.15, -0.1) is 0 Å². The average molecular weight is 745 g/mol. The average Bonchev–Trinajstić information content (AvgIpc) is 3.50. The molecule has 3 aromatic carbocycles. The number of aromatic nitrogens is 2. The van der Waals surface area contributed by atoms with Gasteiger partial charge in [0.15, 0.2) is 4.80 Å². The summed E-state index contributed by atoms with van der Waals surface area (Å²) in [5.41, 5.74) is 7.11. The number of benzene rings is 3. The van der Waals surface area contributed by atoms with Crippen LogP contribution in [0.4, 0.5) is 0 Å². The molecule has 2 aromatic heterocycles. The van der Waals surface area contributed by atoms with E-state index >= 15 is 0 Å². The zero-order valence-electron chi connectivity index (χ0n) is 27.1. The minimum Gasteiger partial charge on any atom is -0.496 e. The van der Waals surface area contributed by atoms with Crippen molar-refractivity contribution >= 4 is 56.7 Å². The number of fused-ring (bicyclic) bond motifs is 2. The first-order valence-corrected chi connectivity index (χ1v) is 17.3. The van der Waals surface area contributed by atoms with E-state index in [0.717, 1.165) is 39.0 Å². The van der Waals surface area contributed by atoms with Crippen molar-refractivity contribution in [2.45, 2.75) is 47.6 Å². The predicted octanol–water partition coefficient (Wildman–Crippen LogP) is 6.59. The van der Waals surface area contributed by atoms with E-state index in [-0.39, 0.29) is 11.5 Å². The Kier molecular flexibility index (Phi) is 8.82. The van der Waals surface area contributed by atoms with Gasteiger partial charge in [-0.3, -0.25) is 14.2 Å². The monoisotopic (exact) mass is 744 g/mol. The van der Waals surface area contributed by atoms with Crippen LogP contribution in [0.5, 0.6) is 5.75 Å². The van der Waals surface area contributed by atoms with Gasteiger partial charge in [0.1, 0.15) is 11.8 Å². The van der Waals surface area contributed by atoms with E-state index in [1.54, 1.807) is 16.6 Å². The molecule has 0 saturated carbocycles. The third-order valence-corrected chi connectivity index (χ3v) is 11.0. The van der Waals surface area contributed by atoms with Crippen LogP contribution in [0.2, 0.25) is 0 Å². The third kappa shape index (κ3) is 5.33. The summed E-state index contributed by atoms with van der Waals surface area (Å²) in [6.45, 7) is 13.2. The van der Waals surface area contributed by atoms with E-state index in [9.17, 15) is 9.59 Å². The highest BCUT2D eigenvalue weighted by Gasteiger charge is 2.36. The number of allylic oxidation sites excluding steroid dienone is 1. The number of thiazole rings is 1. The Morgan fingerprint density at radius 1 is 1.04 bits per heavy atom. The van der Waals surface area contributed by atoms with Gasteiger partial charge in [0.2, 0.25) is 0 Å². The molecular weight excluding hydrogens is 707 g/mol. The Balaban J connectivity index is 1.61. The summed E-state index contributed by atoms with van der Waals surface area (Å²) in [5.74, 6) is 0.492. The maximum atomic E-state index is 14.6. The molecule has 0 bridgehead atoms. The molecule has 1 atom stereocenters. The van der Waals surface area contributed by atoms with Crippen LogP contribution < -0.4 is 19.6 Å². The highest BCUT2D eigenvalue weighted by molar-refractivity contribution is 14.1. The highest BCUT2D eigenvalue weighted by atomic mass is 127. The highest BCUT2D eigenvalue weighted by Crippen LogP contribution is 2.40. The maximum absolute atomic E-state index is 14.6. The molecule has 3 heterocycles. The summed E-state index contributed by atoms with van der Waals surface area (Å²) in [6.07, 6.45) is 1.96. The summed E-state index contributed by atoms with van der Waals surface area (Å²) in [4.78, 5) is 36.0. The second-order valence-corrected chi connectivity index (χ2v) is 13.7. The van der Waals surface area contributed by atoms with Gasteiger partial charge in [0, 0.05) is 39.3 Å². The van der Waals surface area contributed by atoms with Crippen LogP contribution in [-0.2, 0) is 4.79 Å². The minimum absolute atomic E-state index is 0.128. The third-order valence-electron chi connectivity index (χ3n) is 8.90. The molecule has 6 rings (SSSR count). The number of carbonyl (C=O) groups excluding carboxylic acids is 1. The number of amides is 1. The fourth-order valence-corrected chi connectivity index (χ4v) is 8.01. The lowest BCUT2D eigenvalue weighted by Gasteiger charge is -2.30. The maximum Gasteiger partial charge on any atom is 0.271 e. The molecule has 0 N–H and O–H groups in total. The molecule has 1 aliphatic heterocycles. The quantitative estimate of drug-likeness (QED) is 0.177. The normalized spacial score (nSPS) is 14.9. The fraction of sp³-hybridized carbons (Fsp3) is 0.270. The van der Waals surface area contributed by atoms with Crippen LogP contribution in [0.25, 0.3) is 22.5 Å². The molecule has 7 nitrogen and oxygen atoms in total. The molecule has 9 heteroatoms.